The largest absolute Gasteiger partial charge is 0.497 e. The molecule has 5 aromatic rings. The van der Waals surface area contributed by atoms with Gasteiger partial charge in [0.1, 0.15) is 28.6 Å². The number of hydrogen-bond acceptors (Lipinski definition) is 11. The van der Waals surface area contributed by atoms with Crippen LogP contribution in [0.4, 0.5) is 30.9 Å². The molecular weight excluding hydrogens is 578 g/mol. The van der Waals surface area contributed by atoms with Gasteiger partial charge in [0.05, 0.1) is 38.7 Å². The van der Waals surface area contributed by atoms with E-state index in [1.54, 1.807) is 42.5 Å². The zero-order valence-corrected chi connectivity index (χ0v) is 23.7. The van der Waals surface area contributed by atoms with Crippen molar-refractivity contribution in [2.75, 3.05) is 37.7 Å². The number of nitrogens with two attached hydrogens (primary N) is 2. The van der Waals surface area contributed by atoms with E-state index in [2.05, 4.69) is 20.1 Å². The molecule has 1 unspecified atom stereocenters. The average Bonchev–Trinajstić information content (AvgIpc) is 3.37. The maximum atomic E-state index is 14.4. The first-order chi connectivity index (χ1) is 21.2. The van der Waals surface area contributed by atoms with Gasteiger partial charge >= 0.3 is 12.1 Å². The molecule has 0 aliphatic rings. The molecule has 0 saturated carbocycles. The Morgan fingerprint density at radius 1 is 0.977 bits per heavy atom. The van der Waals surface area contributed by atoms with Crippen molar-refractivity contribution in [3.05, 3.63) is 89.2 Å². The summed E-state index contributed by atoms with van der Waals surface area (Å²) < 4.78 is 45.1. The van der Waals surface area contributed by atoms with Gasteiger partial charge in [-0.1, -0.05) is 30.3 Å². The molecule has 0 fully saturated rings. The van der Waals surface area contributed by atoms with Gasteiger partial charge in [0.25, 0.3) is 5.95 Å². The predicted octanol–water partition coefficient (Wildman–Crippen LogP) is 3.74. The van der Waals surface area contributed by atoms with Crippen LogP contribution in [-0.2, 0) is 20.7 Å². The molecule has 5 rings (SSSR count). The molecular formula is C29H26F2N8O5. The fourth-order valence-corrected chi connectivity index (χ4v) is 4.66. The van der Waals surface area contributed by atoms with Crippen LogP contribution in [0, 0.1) is 11.6 Å². The van der Waals surface area contributed by atoms with Gasteiger partial charge in [-0.2, -0.15) is 19.7 Å². The van der Waals surface area contributed by atoms with Gasteiger partial charge < -0.3 is 25.7 Å². The lowest BCUT2D eigenvalue weighted by Crippen LogP contribution is -2.41. The number of carbonyl (C=O) groups excluding carboxylic acids is 2. The molecule has 226 valence electrons. The SMILES string of the molecule is COC(=O)C(c1ccc(OC)cc1)N(C(=O)OC)c1c(N)nc(-n2nc(Cc3ccccc3F)c3ncc(F)cc32)nc1N. The van der Waals surface area contributed by atoms with Crippen LogP contribution in [0.15, 0.2) is 60.8 Å². The smallest absolute Gasteiger partial charge is 0.415 e. The first kappa shape index (κ1) is 29.6. The first-order valence-electron chi connectivity index (χ1n) is 13.0. The van der Waals surface area contributed by atoms with Crippen LogP contribution in [-0.4, -0.2) is 58.1 Å². The molecule has 0 spiro atoms. The number of hydrogen-bond donors (Lipinski definition) is 2. The van der Waals surface area contributed by atoms with E-state index in [4.69, 9.17) is 25.7 Å². The number of pyridine rings is 1. The lowest BCUT2D eigenvalue weighted by Gasteiger charge is -2.30. The van der Waals surface area contributed by atoms with E-state index >= 15 is 0 Å². The summed E-state index contributed by atoms with van der Waals surface area (Å²) >= 11 is 0. The topological polar surface area (TPSA) is 174 Å². The second-order valence-electron chi connectivity index (χ2n) is 9.33. The summed E-state index contributed by atoms with van der Waals surface area (Å²) in [6, 6.07) is 12.1. The third-order valence-electron chi connectivity index (χ3n) is 6.71. The van der Waals surface area contributed by atoms with E-state index in [-0.39, 0.29) is 40.7 Å². The third kappa shape index (κ3) is 5.49. The van der Waals surface area contributed by atoms with Gasteiger partial charge in [-0.15, -0.1) is 0 Å². The Morgan fingerprint density at radius 3 is 2.27 bits per heavy atom. The zero-order valence-electron chi connectivity index (χ0n) is 23.7. The van der Waals surface area contributed by atoms with Gasteiger partial charge in [0, 0.05) is 12.5 Å². The highest BCUT2D eigenvalue weighted by Gasteiger charge is 2.38. The number of amides is 1. The normalized spacial score (nSPS) is 11.7. The van der Waals surface area contributed by atoms with Gasteiger partial charge in [-0.3, -0.25) is 4.90 Å². The maximum Gasteiger partial charge on any atom is 0.415 e. The quantitative estimate of drug-likeness (QED) is 0.247. The Hall–Kier alpha value is -5.86. The number of anilines is 3. The molecule has 3 aromatic heterocycles. The van der Waals surface area contributed by atoms with Crippen LogP contribution in [0.3, 0.4) is 0 Å². The summed E-state index contributed by atoms with van der Waals surface area (Å²) in [4.78, 5) is 39.8. The predicted molar refractivity (Wildman–Crippen MR) is 155 cm³/mol. The van der Waals surface area contributed by atoms with E-state index in [0.29, 0.717) is 22.6 Å². The summed E-state index contributed by atoms with van der Waals surface area (Å²) in [6.07, 6.45) is 0.0111. The zero-order chi connectivity index (χ0) is 31.5. The second-order valence-corrected chi connectivity index (χ2v) is 9.33. The molecule has 4 N–H and O–H groups in total. The molecule has 1 amide bonds. The van der Waals surface area contributed by atoms with Crippen molar-refractivity contribution in [3.63, 3.8) is 0 Å². The highest BCUT2D eigenvalue weighted by Crippen LogP contribution is 2.37. The van der Waals surface area contributed by atoms with E-state index in [9.17, 15) is 18.4 Å². The van der Waals surface area contributed by atoms with Crippen LogP contribution in [0.2, 0.25) is 0 Å². The molecule has 1 atom stereocenters. The Bertz CT molecular complexity index is 1840. The number of esters is 1. The molecule has 0 aliphatic heterocycles. The highest BCUT2D eigenvalue weighted by molar-refractivity contribution is 6.01. The molecule has 0 bridgehead atoms. The second kappa shape index (κ2) is 12.2. The lowest BCUT2D eigenvalue weighted by atomic mass is 10.0. The summed E-state index contributed by atoms with van der Waals surface area (Å²) in [5, 5.41) is 4.48. The Balaban J connectivity index is 1.65. The molecule has 15 heteroatoms. The van der Waals surface area contributed by atoms with E-state index < -0.39 is 29.7 Å². The molecule has 0 radical (unpaired) electrons. The van der Waals surface area contributed by atoms with Crippen molar-refractivity contribution in [1.82, 2.24) is 24.7 Å². The van der Waals surface area contributed by atoms with Crippen LogP contribution < -0.4 is 21.1 Å². The molecule has 2 aromatic carbocycles. The van der Waals surface area contributed by atoms with Crippen molar-refractivity contribution < 1.29 is 32.6 Å². The van der Waals surface area contributed by atoms with E-state index in [0.717, 1.165) is 36.1 Å². The minimum Gasteiger partial charge on any atom is -0.497 e. The first-order valence-corrected chi connectivity index (χ1v) is 13.0. The van der Waals surface area contributed by atoms with Gasteiger partial charge in [-0.25, -0.2) is 23.4 Å². The minimum atomic E-state index is -1.42. The van der Waals surface area contributed by atoms with E-state index in [1.807, 2.05) is 0 Å². The average molecular weight is 605 g/mol. The Kier molecular flexibility index (Phi) is 8.19. The Morgan fingerprint density at radius 2 is 1.66 bits per heavy atom. The van der Waals surface area contributed by atoms with Crippen molar-refractivity contribution in [3.8, 4) is 11.7 Å². The number of methoxy groups -OCH3 is 3. The van der Waals surface area contributed by atoms with Crippen molar-refractivity contribution >= 4 is 40.4 Å². The lowest BCUT2D eigenvalue weighted by molar-refractivity contribution is -0.142. The number of benzene rings is 2. The van der Waals surface area contributed by atoms with Gasteiger partial charge in [-0.05, 0) is 29.3 Å². The minimum absolute atomic E-state index is 0.0244. The maximum absolute atomic E-state index is 14.4. The number of nitrogen functional groups attached to an aromatic ring is 2. The number of rotatable bonds is 8. The van der Waals surface area contributed by atoms with Crippen molar-refractivity contribution in [1.29, 1.82) is 0 Å². The van der Waals surface area contributed by atoms with Crippen LogP contribution in [0.25, 0.3) is 17.0 Å². The molecule has 13 nitrogen and oxygen atoms in total. The van der Waals surface area contributed by atoms with Crippen molar-refractivity contribution in [2.24, 2.45) is 0 Å². The molecule has 3 heterocycles. The number of nitrogens with zero attached hydrogens (tertiary/aromatic N) is 6. The fraction of sp³-hybridized carbons (Fsp3) is 0.172. The van der Waals surface area contributed by atoms with Gasteiger partial charge in [0.15, 0.2) is 17.7 Å². The van der Waals surface area contributed by atoms with Crippen molar-refractivity contribution in [2.45, 2.75) is 12.5 Å². The number of aromatic nitrogens is 5. The molecule has 44 heavy (non-hydrogen) atoms. The van der Waals surface area contributed by atoms with E-state index in [1.165, 1.54) is 13.2 Å². The highest BCUT2D eigenvalue weighted by atomic mass is 19.1. The molecule has 0 saturated heterocycles. The summed E-state index contributed by atoms with van der Waals surface area (Å²) in [7, 11) is 3.73. The fourth-order valence-electron chi connectivity index (χ4n) is 4.66. The van der Waals surface area contributed by atoms with Crippen LogP contribution >= 0.6 is 0 Å². The van der Waals surface area contributed by atoms with Gasteiger partial charge in [0.2, 0.25) is 0 Å². The van der Waals surface area contributed by atoms with Crippen LogP contribution in [0.1, 0.15) is 22.9 Å². The van der Waals surface area contributed by atoms with Crippen LogP contribution in [0.5, 0.6) is 5.75 Å². The molecule has 0 aliphatic carbocycles. The number of ether oxygens (including phenoxy) is 3. The number of fused-ring (bicyclic) bond motifs is 1. The number of halogens is 2. The third-order valence-corrected chi connectivity index (χ3v) is 6.71. The summed E-state index contributed by atoms with van der Waals surface area (Å²) in [5.41, 5.74) is 13.8. The monoisotopic (exact) mass is 604 g/mol. The number of carbonyl (C=O) groups is 2. The summed E-state index contributed by atoms with van der Waals surface area (Å²) in [6.45, 7) is 0. The summed E-state index contributed by atoms with van der Waals surface area (Å²) in [5.74, 6) is -2.36. The standard InChI is InChI=1S/C29H26F2N8O5/c1-42-18-10-8-15(9-11-18)23(27(40)43-2)38(29(41)44-3)24-25(32)35-28(36-26(24)33)39-21-13-17(30)14-34-22(21)20(37-39)12-16-6-4-5-7-19(16)31/h4-11,13-14,23H,12H2,1-3H3,(H4,32,33,35,36). The Labute approximate surface area is 249 Å².